The van der Waals surface area contributed by atoms with Gasteiger partial charge in [-0.05, 0) is 13.0 Å². The molecule has 2 nitrogen and oxygen atoms in total. The number of thiol groups is 1. The molecule has 0 aromatic carbocycles. The summed E-state index contributed by atoms with van der Waals surface area (Å²) in [5.74, 6) is 0. The third-order valence-electron chi connectivity index (χ3n) is 1.25. The number of unbranched alkanes of at least 4 members (excludes halogenated alkanes) is 2. The average molecular weight is 337 g/mol. The normalized spacial score (nSPS) is 10.5. The zero-order valence-corrected chi connectivity index (χ0v) is 13.2. The molecule has 6 heteroatoms. The Morgan fingerprint density at radius 1 is 1.57 bits per heavy atom. The first-order chi connectivity index (χ1) is 6.15. The van der Waals surface area contributed by atoms with Gasteiger partial charge < -0.3 is 10.2 Å². The van der Waals surface area contributed by atoms with Crippen LogP contribution in [0.15, 0.2) is 12.7 Å². The summed E-state index contributed by atoms with van der Waals surface area (Å²) in [5.41, 5.74) is 0. The topological polar surface area (TPSA) is 32.3 Å². The first kappa shape index (κ1) is 20.7. The van der Waals surface area contributed by atoms with E-state index in [4.69, 9.17) is 4.89 Å². The largest absolute Gasteiger partial charge is 0.359 e. The van der Waals surface area contributed by atoms with Gasteiger partial charge in [-0.3, -0.25) is 0 Å². The molecule has 0 fully saturated rings. The monoisotopic (exact) mass is 339 g/mol. The fourth-order valence-electron chi connectivity index (χ4n) is 0.704. The van der Waals surface area contributed by atoms with Crippen LogP contribution in [0.25, 0.3) is 0 Å². The van der Waals surface area contributed by atoms with Crippen LogP contribution in [-0.4, -0.2) is 18.0 Å². The number of hydrogen-bond donors (Lipinski definition) is 3. The second-order valence-corrected chi connectivity index (χ2v) is 6.39. The molecule has 0 aromatic heterocycles. The van der Waals surface area contributed by atoms with E-state index < -0.39 is 6.13 Å². The van der Waals surface area contributed by atoms with Crippen molar-refractivity contribution in [1.29, 1.82) is 0 Å². The summed E-state index contributed by atoms with van der Waals surface area (Å²) >= 11 is 7.58. The van der Waals surface area contributed by atoms with Crippen LogP contribution < -0.4 is 5.32 Å². The minimum atomic E-state index is -1.60. The maximum absolute atomic E-state index is 7.84. The predicted molar refractivity (Wildman–Crippen MR) is 69.5 cm³/mol. The minimum Gasteiger partial charge on any atom is -0.359 e. The smallest absolute Gasteiger partial charge is 0.101 e. The van der Waals surface area contributed by atoms with Gasteiger partial charge in [0.1, 0.15) is 6.13 Å². The molecule has 0 aliphatic carbocycles. The summed E-state index contributed by atoms with van der Waals surface area (Å²) in [6.07, 6.45) is 4.23. The van der Waals surface area contributed by atoms with Crippen LogP contribution in [0.2, 0.25) is 0 Å². The molecule has 86 valence electrons. The Bertz CT molecular complexity index is 135. The summed E-state index contributed by atoms with van der Waals surface area (Å²) in [4.78, 5) is 7.84. The van der Waals surface area contributed by atoms with E-state index in [-0.39, 0.29) is 21.1 Å². The Kier molecular flexibility index (Phi) is 29.4. The van der Waals surface area contributed by atoms with Gasteiger partial charge in [0.15, 0.2) is 0 Å². The minimum absolute atomic E-state index is 0. The third-order valence-corrected chi connectivity index (χ3v) is 1.25. The molecular weight excluding hydrogens is 317 g/mol. The first-order valence-electron chi connectivity index (χ1n) is 4.38. The maximum Gasteiger partial charge on any atom is 0.101 e. The second-order valence-electron chi connectivity index (χ2n) is 2.48. The van der Waals surface area contributed by atoms with Crippen LogP contribution >= 0.6 is 18.4 Å². The van der Waals surface area contributed by atoms with Crippen LogP contribution in [0, 0.1) is 0 Å². The van der Waals surface area contributed by atoms with Gasteiger partial charge in [-0.25, -0.2) is 0 Å². The van der Waals surface area contributed by atoms with Gasteiger partial charge in [0.2, 0.25) is 0 Å². The van der Waals surface area contributed by atoms with Crippen molar-refractivity contribution in [2.24, 2.45) is 0 Å². The summed E-state index contributed by atoms with van der Waals surface area (Å²) in [7, 11) is 0. The molecule has 0 saturated heterocycles. The molecular formula is C8H20MoNOPS2. The van der Waals surface area contributed by atoms with E-state index in [1.807, 2.05) is 6.08 Å². The van der Waals surface area contributed by atoms with Crippen molar-refractivity contribution in [2.75, 3.05) is 13.1 Å². The molecule has 0 saturated carbocycles. The van der Waals surface area contributed by atoms with E-state index in [2.05, 4.69) is 42.9 Å². The molecule has 0 amide bonds. The van der Waals surface area contributed by atoms with Crippen LogP contribution in [0.1, 0.15) is 26.2 Å². The molecule has 0 rings (SSSR count). The van der Waals surface area contributed by atoms with Crippen molar-refractivity contribution >= 4 is 30.2 Å². The van der Waals surface area contributed by atoms with Crippen LogP contribution in [0.5, 0.6) is 0 Å². The fourth-order valence-corrected chi connectivity index (χ4v) is 0.704. The summed E-state index contributed by atoms with van der Waals surface area (Å²) in [5, 5.41) is 3.25. The third kappa shape index (κ3) is 37.7. The van der Waals surface area contributed by atoms with Gasteiger partial charge >= 0.3 is 0 Å². The second kappa shape index (κ2) is 19.9. The molecule has 0 heterocycles. The summed E-state index contributed by atoms with van der Waals surface area (Å²) < 4.78 is 0. The van der Waals surface area contributed by atoms with E-state index >= 15 is 0 Å². The van der Waals surface area contributed by atoms with Crippen LogP contribution in [0.4, 0.5) is 0 Å². The van der Waals surface area contributed by atoms with Gasteiger partial charge in [-0.2, -0.15) is 0 Å². The van der Waals surface area contributed by atoms with Gasteiger partial charge in [0.05, 0.1) is 0 Å². The molecule has 0 aromatic rings. The Hall–Kier alpha value is 1.35. The molecule has 0 radical (unpaired) electrons. The molecule has 14 heavy (non-hydrogen) atoms. The molecule has 0 aliphatic rings. The zero-order valence-electron chi connectivity index (χ0n) is 8.53. The molecule has 0 aliphatic heterocycles. The van der Waals surface area contributed by atoms with E-state index in [0.29, 0.717) is 0 Å². The Morgan fingerprint density at radius 2 is 2.07 bits per heavy atom. The average Bonchev–Trinajstić information content (AvgIpc) is 2.03. The van der Waals surface area contributed by atoms with E-state index in [9.17, 15) is 0 Å². The van der Waals surface area contributed by atoms with E-state index in [1.54, 1.807) is 0 Å². The van der Waals surface area contributed by atoms with Crippen molar-refractivity contribution < 1.29 is 26.0 Å². The summed E-state index contributed by atoms with van der Waals surface area (Å²) in [6.45, 7) is 7.92. The van der Waals surface area contributed by atoms with Crippen molar-refractivity contribution in [3.05, 3.63) is 12.7 Å². The summed E-state index contributed by atoms with van der Waals surface area (Å²) in [6, 6.07) is 0. The fraction of sp³-hybridized carbons (Fsp3) is 0.750. The maximum atomic E-state index is 7.84. The molecule has 2 N–H and O–H groups in total. The Labute approximate surface area is 113 Å². The van der Waals surface area contributed by atoms with Gasteiger partial charge in [-0.15, -0.1) is 18.8 Å². The number of rotatable bonds is 6. The Morgan fingerprint density at radius 3 is 2.43 bits per heavy atom. The van der Waals surface area contributed by atoms with Crippen LogP contribution in [-0.2, 0) is 32.9 Å². The molecule has 0 spiro atoms. The van der Waals surface area contributed by atoms with Crippen LogP contribution in [0.3, 0.4) is 0 Å². The standard InChI is InChI=1S/C8H17N.Mo.H3OPS2/c1-3-5-6-8-9-7-4-2;;1-2(3)4/h4,9H,2-3,5-8H2,1H3;;2H,(H2,1,3,4). The quantitative estimate of drug-likeness (QED) is 0.229. The Balaban J connectivity index is -0.000000209. The van der Waals surface area contributed by atoms with E-state index in [0.717, 1.165) is 13.1 Å². The zero-order chi connectivity index (χ0) is 10.5. The molecule has 0 bridgehead atoms. The first-order valence-corrected chi connectivity index (χ1v) is 8.25. The van der Waals surface area contributed by atoms with Crippen molar-refractivity contribution in [2.45, 2.75) is 26.2 Å². The van der Waals surface area contributed by atoms with Gasteiger partial charge in [-0.1, -0.05) is 37.6 Å². The van der Waals surface area contributed by atoms with Crippen molar-refractivity contribution in [3.63, 3.8) is 0 Å². The molecule has 1 atom stereocenters. The van der Waals surface area contributed by atoms with Crippen molar-refractivity contribution in [1.82, 2.24) is 5.32 Å². The predicted octanol–water partition coefficient (Wildman–Crippen LogP) is 2.36. The molecule has 1 unspecified atom stereocenters. The van der Waals surface area contributed by atoms with Gasteiger partial charge in [0.25, 0.3) is 0 Å². The van der Waals surface area contributed by atoms with Crippen molar-refractivity contribution in [3.8, 4) is 0 Å². The van der Waals surface area contributed by atoms with E-state index in [1.165, 1.54) is 19.3 Å². The van der Waals surface area contributed by atoms with Gasteiger partial charge in [0, 0.05) is 27.6 Å². The SMILES string of the molecule is C=CCNCCCCC.O[PH](=S)S.[Mo]. The number of nitrogens with one attached hydrogen (secondary N) is 1. The number of hydrogen-bond acceptors (Lipinski definition) is 2.